The van der Waals surface area contributed by atoms with Gasteiger partial charge in [0.05, 0.1) is 5.52 Å². The van der Waals surface area contributed by atoms with Crippen LogP contribution in [0.3, 0.4) is 0 Å². The monoisotopic (exact) mass is 285 g/mol. The third-order valence-electron chi connectivity index (χ3n) is 3.84. The van der Waals surface area contributed by atoms with Gasteiger partial charge in [-0.3, -0.25) is 4.79 Å². The molecular weight excluding hydrogens is 266 g/mol. The Morgan fingerprint density at radius 2 is 2.05 bits per heavy atom. The molecule has 21 heavy (non-hydrogen) atoms. The molecule has 1 amide bonds. The standard InChI is InChI=1S/C16H19N3O2/c20-15-11-14(18-13-6-2-1-5-12(13)15)16(21)17-7-10-19-8-3-4-9-19/h1-2,5-6,11H,3-4,7-10H2,(H,17,21)(H,18,20). The van der Waals surface area contributed by atoms with Crippen LogP contribution in [0.1, 0.15) is 23.3 Å². The summed E-state index contributed by atoms with van der Waals surface area (Å²) in [4.78, 5) is 18.8. The number of hydrogen-bond acceptors (Lipinski definition) is 4. The number of likely N-dealkylation sites (tertiary alicyclic amines) is 1. The molecule has 2 heterocycles. The normalized spacial score (nSPS) is 15.4. The van der Waals surface area contributed by atoms with Gasteiger partial charge in [-0.05, 0) is 38.1 Å². The molecule has 5 nitrogen and oxygen atoms in total. The Hall–Kier alpha value is -2.14. The number of para-hydroxylation sites is 1. The lowest BCUT2D eigenvalue weighted by molar-refractivity contribution is 0.0944. The predicted octanol–water partition coefficient (Wildman–Crippen LogP) is 1.77. The number of nitrogens with zero attached hydrogens (tertiary/aromatic N) is 2. The zero-order valence-corrected chi connectivity index (χ0v) is 11.9. The van der Waals surface area contributed by atoms with Gasteiger partial charge >= 0.3 is 0 Å². The Kier molecular flexibility index (Phi) is 4.01. The fourth-order valence-corrected chi connectivity index (χ4v) is 2.70. The van der Waals surface area contributed by atoms with E-state index in [1.807, 2.05) is 12.1 Å². The summed E-state index contributed by atoms with van der Waals surface area (Å²) in [5, 5.41) is 13.5. The summed E-state index contributed by atoms with van der Waals surface area (Å²) < 4.78 is 0. The lowest BCUT2D eigenvalue weighted by Gasteiger charge is -2.14. The summed E-state index contributed by atoms with van der Waals surface area (Å²) in [5.74, 6) is -0.152. The lowest BCUT2D eigenvalue weighted by atomic mass is 10.2. The summed E-state index contributed by atoms with van der Waals surface area (Å²) in [5.41, 5.74) is 0.884. The minimum Gasteiger partial charge on any atom is -0.507 e. The first-order chi connectivity index (χ1) is 10.2. The third kappa shape index (κ3) is 3.13. The van der Waals surface area contributed by atoms with E-state index in [0.29, 0.717) is 17.4 Å². The molecule has 1 aromatic carbocycles. The van der Waals surface area contributed by atoms with Crippen molar-refractivity contribution in [1.82, 2.24) is 15.2 Å². The highest BCUT2D eigenvalue weighted by Gasteiger charge is 2.13. The number of carbonyl (C=O) groups is 1. The Bertz CT molecular complexity index is 651. The summed E-state index contributed by atoms with van der Waals surface area (Å²) >= 11 is 0. The van der Waals surface area contributed by atoms with Crippen molar-refractivity contribution in [3.05, 3.63) is 36.0 Å². The quantitative estimate of drug-likeness (QED) is 0.898. The fraction of sp³-hybridized carbons (Fsp3) is 0.375. The van der Waals surface area contributed by atoms with Gasteiger partial charge in [0.25, 0.3) is 5.91 Å². The van der Waals surface area contributed by atoms with E-state index in [2.05, 4.69) is 15.2 Å². The second kappa shape index (κ2) is 6.10. The van der Waals surface area contributed by atoms with Gasteiger partial charge in [0, 0.05) is 24.5 Å². The van der Waals surface area contributed by atoms with Crippen LogP contribution in [0, 0.1) is 0 Å². The van der Waals surface area contributed by atoms with Crippen molar-refractivity contribution >= 4 is 16.8 Å². The van der Waals surface area contributed by atoms with Crippen molar-refractivity contribution in [1.29, 1.82) is 0 Å². The van der Waals surface area contributed by atoms with Crippen LogP contribution >= 0.6 is 0 Å². The van der Waals surface area contributed by atoms with Crippen molar-refractivity contribution in [3.8, 4) is 5.75 Å². The van der Waals surface area contributed by atoms with Crippen LogP contribution < -0.4 is 5.32 Å². The number of hydrogen-bond donors (Lipinski definition) is 2. The Balaban J connectivity index is 1.66. The van der Waals surface area contributed by atoms with Crippen LogP contribution in [0.4, 0.5) is 0 Å². The SMILES string of the molecule is O=C(NCCN1CCCC1)c1cc(O)c2ccccc2n1. The van der Waals surface area contributed by atoms with Crippen molar-refractivity contribution in [2.24, 2.45) is 0 Å². The highest BCUT2D eigenvalue weighted by Crippen LogP contribution is 2.23. The highest BCUT2D eigenvalue weighted by molar-refractivity contribution is 5.96. The molecule has 0 saturated carbocycles. The maximum atomic E-state index is 12.1. The number of nitrogens with one attached hydrogen (secondary N) is 1. The van der Waals surface area contributed by atoms with E-state index in [9.17, 15) is 9.90 Å². The van der Waals surface area contributed by atoms with Crippen molar-refractivity contribution in [3.63, 3.8) is 0 Å². The molecule has 0 spiro atoms. The molecule has 2 aromatic rings. The Morgan fingerprint density at radius 1 is 1.29 bits per heavy atom. The number of carbonyl (C=O) groups excluding carboxylic acids is 1. The van der Waals surface area contributed by atoms with E-state index in [1.165, 1.54) is 18.9 Å². The number of aromatic hydroxyl groups is 1. The van der Waals surface area contributed by atoms with Gasteiger partial charge in [0.1, 0.15) is 11.4 Å². The van der Waals surface area contributed by atoms with E-state index < -0.39 is 0 Å². The molecule has 0 bridgehead atoms. The largest absolute Gasteiger partial charge is 0.507 e. The van der Waals surface area contributed by atoms with Crippen LogP contribution in [0.2, 0.25) is 0 Å². The van der Waals surface area contributed by atoms with Crippen molar-refractivity contribution in [2.45, 2.75) is 12.8 Å². The maximum Gasteiger partial charge on any atom is 0.270 e. The summed E-state index contributed by atoms with van der Waals surface area (Å²) in [6.07, 6.45) is 2.49. The molecule has 0 atom stereocenters. The molecule has 1 aliphatic rings. The minimum atomic E-state index is -0.241. The molecule has 5 heteroatoms. The van der Waals surface area contributed by atoms with Crippen LogP contribution in [-0.4, -0.2) is 47.1 Å². The number of benzene rings is 1. The van der Waals surface area contributed by atoms with Gasteiger partial charge in [-0.1, -0.05) is 12.1 Å². The zero-order valence-electron chi connectivity index (χ0n) is 11.9. The second-order valence-electron chi connectivity index (χ2n) is 5.35. The van der Waals surface area contributed by atoms with E-state index in [1.54, 1.807) is 12.1 Å². The molecule has 2 N–H and O–H groups in total. The molecule has 1 aromatic heterocycles. The van der Waals surface area contributed by atoms with Crippen molar-refractivity contribution in [2.75, 3.05) is 26.2 Å². The fourth-order valence-electron chi connectivity index (χ4n) is 2.70. The topological polar surface area (TPSA) is 65.5 Å². The molecule has 0 radical (unpaired) electrons. The number of amides is 1. The summed E-state index contributed by atoms with van der Waals surface area (Å²) in [6, 6.07) is 8.67. The highest BCUT2D eigenvalue weighted by atomic mass is 16.3. The van der Waals surface area contributed by atoms with Crippen molar-refractivity contribution < 1.29 is 9.90 Å². The van der Waals surface area contributed by atoms with Crippen LogP contribution in [0.5, 0.6) is 5.75 Å². The van der Waals surface area contributed by atoms with E-state index >= 15 is 0 Å². The third-order valence-corrected chi connectivity index (χ3v) is 3.84. The van der Waals surface area contributed by atoms with Gasteiger partial charge in [-0.25, -0.2) is 4.98 Å². The lowest BCUT2D eigenvalue weighted by Crippen LogP contribution is -2.33. The molecule has 0 unspecified atom stereocenters. The molecule has 3 rings (SSSR count). The van der Waals surface area contributed by atoms with Crippen LogP contribution in [-0.2, 0) is 0 Å². The van der Waals surface area contributed by atoms with E-state index in [4.69, 9.17) is 0 Å². The molecule has 0 aliphatic carbocycles. The predicted molar refractivity (Wildman–Crippen MR) is 81.4 cm³/mol. The maximum absolute atomic E-state index is 12.1. The van der Waals surface area contributed by atoms with Gasteiger partial charge in [-0.15, -0.1) is 0 Å². The Morgan fingerprint density at radius 3 is 2.86 bits per heavy atom. The van der Waals surface area contributed by atoms with Gasteiger partial charge in [-0.2, -0.15) is 0 Å². The summed E-state index contributed by atoms with van der Waals surface area (Å²) in [6.45, 7) is 3.70. The minimum absolute atomic E-state index is 0.0882. The molecule has 110 valence electrons. The molecular formula is C16H19N3O2. The van der Waals surface area contributed by atoms with E-state index in [0.717, 1.165) is 19.6 Å². The number of fused-ring (bicyclic) bond motifs is 1. The van der Waals surface area contributed by atoms with Crippen LogP contribution in [0.25, 0.3) is 10.9 Å². The molecule has 1 fully saturated rings. The second-order valence-corrected chi connectivity index (χ2v) is 5.35. The van der Waals surface area contributed by atoms with Crippen LogP contribution in [0.15, 0.2) is 30.3 Å². The van der Waals surface area contributed by atoms with E-state index in [-0.39, 0.29) is 17.4 Å². The van der Waals surface area contributed by atoms with Gasteiger partial charge in [0.2, 0.25) is 0 Å². The molecule has 1 saturated heterocycles. The number of rotatable bonds is 4. The first-order valence-electron chi connectivity index (χ1n) is 7.33. The first kappa shape index (κ1) is 13.8. The number of aromatic nitrogens is 1. The smallest absolute Gasteiger partial charge is 0.270 e. The Labute approximate surface area is 123 Å². The van der Waals surface area contributed by atoms with Gasteiger partial charge < -0.3 is 15.3 Å². The first-order valence-corrected chi connectivity index (χ1v) is 7.33. The number of pyridine rings is 1. The average molecular weight is 285 g/mol. The summed E-state index contributed by atoms with van der Waals surface area (Å²) in [7, 11) is 0. The average Bonchev–Trinajstić information content (AvgIpc) is 3.00. The zero-order chi connectivity index (χ0) is 14.7. The molecule has 1 aliphatic heterocycles. The van der Waals surface area contributed by atoms with Gasteiger partial charge in [0.15, 0.2) is 0 Å².